The summed E-state index contributed by atoms with van der Waals surface area (Å²) in [5.74, 6) is 0. The topological polar surface area (TPSA) is 80.0 Å². The molecule has 0 aromatic heterocycles. The second-order valence-corrected chi connectivity index (χ2v) is 5.40. The Morgan fingerprint density at radius 3 is 1.76 bits per heavy atom. The zero-order chi connectivity index (χ0) is 13.3. The molecule has 0 aromatic rings. The molecule has 0 saturated carbocycles. The van der Waals surface area contributed by atoms with E-state index in [1.54, 1.807) is 13.0 Å². The van der Waals surface area contributed by atoms with Gasteiger partial charge in [0.2, 0.25) is 0 Å². The summed E-state index contributed by atoms with van der Waals surface area (Å²) in [6, 6.07) is 0. The normalized spacial score (nSPS) is 12.6. The van der Waals surface area contributed by atoms with Crippen LogP contribution >= 0.6 is 0 Å². The highest BCUT2D eigenvalue weighted by molar-refractivity contribution is 6.68. The molecule has 0 rings (SSSR count). The van der Waals surface area contributed by atoms with Crippen LogP contribution in [0.25, 0.3) is 0 Å². The van der Waals surface area contributed by atoms with Crippen molar-refractivity contribution in [2.75, 3.05) is 19.8 Å². The molecule has 0 spiro atoms. The van der Waals surface area contributed by atoms with E-state index in [-0.39, 0.29) is 5.38 Å². The zero-order valence-electron chi connectivity index (χ0n) is 10.8. The third kappa shape index (κ3) is 4.86. The molecule has 6 nitrogen and oxygen atoms in total. The molecular formula is C10H21NO5Si. The van der Waals surface area contributed by atoms with Crippen LogP contribution < -0.4 is 5.73 Å². The number of rotatable bonds is 8. The second kappa shape index (κ2) is 8.23. The number of carbonyl (C=O) groups excluding carboxylic acids is 1. The molecule has 0 fully saturated rings. The molecule has 0 aliphatic heterocycles. The van der Waals surface area contributed by atoms with Gasteiger partial charge in [0.1, 0.15) is 0 Å². The Bertz CT molecular complexity index is 252. The lowest BCUT2D eigenvalue weighted by Gasteiger charge is -2.28. The molecule has 2 N–H and O–H groups in total. The maximum atomic E-state index is 10.8. The Hall–Kier alpha value is -0.893. The quantitative estimate of drug-likeness (QED) is 0.531. The van der Waals surface area contributed by atoms with E-state index >= 15 is 0 Å². The van der Waals surface area contributed by atoms with E-state index in [9.17, 15) is 4.79 Å². The van der Waals surface area contributed by atoms with Gasteiger partial charge in [-0.15, -0.1) is 0 Å². The summed E-state index contributed by atoms with van der Waals surface area (Å²) >= 11 is 0. The van der Waals surface area contributed by atoms with Crippen molar-refractivity contribution in [2.45, 2.75) is 27.7 Å². The van der Waals surface area contributed by atoms with Crippen LogP contribution in [-0.4, -0.2) is 34.7 Å². The van der Waals surface area contributed by atoms with Crippen LogP contribution in [0.2, 0.25) is 0 Å². The first kappa shape index (κ1) is 16.1. The summed E-state index contributed by atoms with van der Waals surface area (Å²) < 4.78 is 21.6. The number of nitrogens with two attached hydrogens (primary N) is 1. The number of hydrogen-bond donors (Lipinski definition) is 1. The monoisotopic (exact) mass is 263 g/mol. The van der Waals surface area contributed by atoms with Crippen LogP contribution in [0.5, 0.6) is 0 Å². The molecular weight excluding hydrogens is 242 g/mol. The lowest BCUT2D eigenvalue weighted by Crippen LogP contribution is -2.50. The number of carbonyl (C=O) groups is 1. The lowest BCUT2D eigenvalue weighted by atomic mass is 10.7. The largest absolute Gasteiger partial charge is 0.574 e. The Kier molecular flexibility index (Phi) is 7.80. The molecule has 0 aromatic carbocycles. The van der Waals surface area contributed by atoms with Crippen molar-refractivity contribution in [3.05, 3.63) is 11.5 Å². The molecule has 0 bridgehead atoms. The van der Waals surface area contributed by atoms with Crippen molar-refractivity contribution in [1.82, 2.24) is 0 Å². The lowest BCUT2D eigenvalue weighted by molar-refractivity contribution is 0.0640. The van der Waals surface area contributed by atoms with Gasteiger partial charge in [0.15, 0.2) is 5.38 Å². The minimum atomic E-state index is -3.15. The van der Waals surface area contributed by atoms with E-state index in [1.165, 1.54) is 0 Å². The zero-order valence-corrected chi connectivity index (χ0v) is 11.8. The molecule has 0 aliphatic carbocycles. The van der Waals surface area contributed by atoms with Gasteiger partial charge in [-0.1, -0.05) is 0 Å². The highest BCUT2D eigenvalue weighted by atomic mass is 28.4. The van der Waals surface area contributed by atoms with Crippen molar-refractivity contribution in [1.29, 1.82) is 0 Å². The van der Waals surface area contributed by atoms with Crippen LogP contribution in [0.4, 0.5) is 4.79 Å². The van der Waals surface area contributed by atoms with Gasteiger partial charge in [-0.3, -0.25) is 0 Å². The van der Waals surface area contributed by atoms with Gasteiger partial charge in [-0.2, -0.15) is 0 Å². The van der Waals surface area contributed by atoms with E-state index in [4.69, 9.17) is 23.7 Å². The average Bonchev–Trinajstić information content (AvgIpc) is 2.26. The first-order valence-electron chi connectivity index (χ1n) is 5.62. The van der Waals surface area contributed by atoms with Crippen molar-refractivity contribution in [3.63, 3.8) is 0 Å². The molecule has 7 heteroatoms. The fourth-order valence-corrected chi connectivity index (χ4v) is 3.71. The SMILES string of the molecule is C/C=C(\OC(N)=O)[Si](OCC)(OCC)OCC. The molecule has 0 atom stereocenters. The maximum absolute atomic E-state index is 10.8. The van der Waals surface area contributed by atoms with Crippen molar-refractivity contribution in [3.8, 4) is 0 Å². The number of amides is 1. The Morgan fingerprint density at radius 1 is 1.12 bits per heavy atom. The van der Waals surface area contributed by atoms with Crippen molar-refractivity contribution in [2.24, 2.45) is 5.73 Å². The predicted molar refractivity (Wildman–Crippen MR) is 65.1 cm³/mol. The van der Waals surface area contributed by atoms with Crippen molar-refractivity contribution < 1.29 is 22.8 Å². The van der Waals surface area contributed by atoms with Crippen LogP contribution in [0.3, 0.4) is 0 Å². The summed E-state index contributed by atoms with van der Waals surface area (Å²) in [7, 11) is -3.15. The highest BCUT2D eigenvalue weighted by Gasteiger charge is 2.48. The predicted octanol–water partition coefficient (Wildman–Crippen LogP) is 1.57. The summed E-state index contributed by atoms with van der Waals surface area (Å²) in [5, 5.41) is 0.232. The molecule has 0 heterocycles. The molecule has 0 radical (unpaired) electrons. The van der Waals surface area contributed by atoms with Gasteiger partial charge in [-0.05, 0) is 33.8 Å². The van der Waals surface area contributed by atoms with E-state index in [2.05, 4.69) is 0 Å². The highest BCUT2D eigenvalue weighted by Crippen LogP contribution is 2.21. The third-order valence-corrected chi connectivity index (χ3v) is 4.78. The smallest absolute Gasteiger partial charge is 0.412 e. The minimum absolute atomic E-state index is 0.232. The summed E-state index contributed by atoms with van der Waals surface area (Å²) in [5.41, 5.74) is 5.01. The van der Waals surface area contributed by atoms with Gasteiger partial charge < -0.3 is 23.7 Å². The van der Waals surface area contributed by atoms with E-state index in [1.807, 2.05) is 20.8 Å². The number of allylic oxidation sites excluding steroid dienone is 1. The van der Waals surface area contributed by atoms with Gasteiger partial charge in [-0.25, -0.2) is 4.79 Å². The summed E-state index contributed by atoms with van der Waals surface area (Å²) in [6.07, 6.45) is 0.673. The number of ether oxygens (including phenoxy) is 1. The second-order valence-electron chi connectivity index (χ2n) is 2.93. The molecule has 0 aliphatic rings. The minimum Gasteiger partial charge on any atom is -0.412 e. The fraction of sp³-hybridized carbons (Fsp3) is 0.700. The Morgan fingerprint density at radius 2 is 1.53 bits per heavy atom. The molecule has 17 heavy (non-hydrogen) atoms. The summed E-state index contributed by atoms with van der Waals surface area (Å²) in [6.45, 7) is 8.34. The van der Waals surface area contributed by atoms with Gasteiger partial charge in [0.05, 0.1) is 0 Å². The molecule has 0 unspecified atom stereocenters. The van der Waals surface area contributed by atoms with E-state index in [0.717, 1.165) is 0 Å². The number of primary amides is 1. The molecule has 1 amide bonds. The van der Waals surface area contributed by atoms with E-state index < -0.39 is 14.9 Å². The molecule has 0 saturated heterocycles. The van der Waals surface area contributed by atoms with Crippen LogP contribution in [0.1, 0.15) is 27.7 Å². The van der Waals surface area contributed by atoms with E-state index in [0.29, 0.717) is 19.8 Å². The van der Waals surface area contributed by atoms with Gasteiger partial charge in [0, 0.05) is 19.8 Å². The van der Waals surface area contributed by atoms with Crippen LogP contribution in [0.15, 0.2) is 11.5 Å². The first-order valence-corrected chi connectivity index (χ1v) is 7.34. The van der Waals surface area contributed by atoms with Crippen LogP contribution in [0, 0.1) is 0 Å². The standard InChI is InChI=1S/C10H21NO5Si/c1-5-9(16-10(11)12)17(13-6-2,14-7-3)15-8-4/h5H,6-8H2,1-4H3,(H2,11,12)/b9-5+. The van der Waals surface area contributed by atoms with Crippen molar-refractivity contribution >= 4 is 14.9 Å². The fourth-order valence-electron chi connectivity index (χ4n) is 1.32. The maximum Gasteiger partial charge on any atom is 0.574 e. The number of hydrogen-bond acceptors (Lipinski definition) is 5. The first-order chi connectivity index (χ1) is 8.06. The van der Waals surface area contributed by atoms with Crippen LogP contribution in [-0.2, 0) is 18.0 Å². The third-order valence-electron chi connectivity index (χ3n) is 1.78. The van der Waals surface area contributed by atoms with Gasteiger partial charge >= 0.3 is 14.9 Å². The average molecular weight is 263 g/mol. The summed E-state index contributed by atoms with van der Waals surface area (Å²) in [4.78, 5) is 10.8. The Labute approximate surface area is 103 Å². The van der Waals surface area contributed by atoms with Gasteiger partial charge in [0.25, 0.3) is 0 Å². The molecule has 100 valence electrons. The Balaban J connectivity index is 5.12.